The van der Waals surface area contributed by atoms with Crippen molar-refractivity contribution in [3.63, 3.8) is 0 Å². The van der Waals surface area contributed by atoms with Crippen LogP contribution in [0.4, 0.5) is 13.2 Å². The number of rotatable bonds is 4. The van der Waals surface area contributed by atoms with Crippen molar-refractivity contribution in [1.82, 2.24) is 5.32 Å². The second kappa shape index (κ2) is 8.04. The van der Waals surface area contributed by atoms with Gasteiger partial charge in [-0.05, 0) is 35.5 Å². The highest BCUT2D eigenvalue weighted by Gasteiger charge is 2.31. The Morgan fingerprint density at radius 2 is 2.00 bits per heavy atom. The number of carbonyl (C=O) groups is 2. The lowest BCUT2D eigenvalue weighted by molar-refractivity contribution is -0.137. The first-order valence-electron chi connectivity index (χ1n) is 6.89. The zero-order chi connectivity index (χ0) is 19.3. The lowest BCUT2D eigenvalue weighted by Gasteiger charge is -2.09. The van der Waals surface area contributed by atoms with Gasteiger partial charge in [0.25, 0.3) is 5.91 Å². The van der Waals surface area contributed by atoms with Gasteiger partial charge in [0.2, 0.25) is 0 Å². The number of ether oxygens (including phenoxy) is 2. The molecule has 1 saturated heterocycles. The van der Waals surface area contributed by atoms with Gasteiger partial charge in [-0.3, -0.25) is 10.1 Å². The first-order valence-corrected chi connectivity index (χ1v) is 7.70. The second-order valence-electron chi connectivity index (χ2n) is 4.73. The minimum absolute atomic E-state index is 0.0146. The lowest BCUT2D eigenvalue weighted by atomic mass is 10.1. The molecule has 0 bridgehead atoms. The van der Waals surface area contributed by atoms with Crippen LogP contribution in [0.5, 0.6) is 5.75 Å². The van der Waals surface area contributed by atoms with Gasteiger partial charge in [-0.2, -0.15) is 18.3 Å². The fourth-order valence-electron chi connectivity index (χ4n) is 1.77. The zero-order valence-corrected chi connectivity index (χ0v) is 14.3. The largest absolute Gasteiger partial charge is 0.497 e. The number of alkyl halides is 3. The minimum atomic E-state index is -4.54. The van der Waals surface area contributed by atoms with E-state index in [1.165, 1.54) is 20.3 Å². The summed E-state index contributed by atoms with van der Waals surface area (Å²) in [6, 6.07) is 3.09. The second-order valence-corrected chi connectivity index (χ2v) is 5.76. The molecule has 2 rings (SSSR count). The molecule has 0 unspecified atom stereocenters. The van der Waals surface area contributed by atoms with Gasteiger partial charge in [0, 0.05) is 6.08 Å². The van der Waals surface area contributed by atoms with E-state index >= 15 is 0 Å². The summed E-state index contributed by atoms with van der Waals surface area (Å²) in [5.41, 5.74) is -0.779. The van der Waals surface area contributed by atoms with Crippen molar-refractivity contribution in [1.29, 1.82) is 0 Å². The number of hydrogen-bond acceptors (Lipinski definition) is 7. The van der Waals surface area contributed by atoms with E-state index < -0.39 is 23.6 Å². The zero-order valence-electron chi connectivity index (χ0n) is 13.5. The summed E-state index contributed by atoms with van der Waals surface area (Å²) in [5, 5.41) is 9.78. The number of esters is 1. The van der Waals surface area contributed by atoms with Gasteiger partial charge in [0.05, 0.1) is 30.9 Å². The van der Waals surface area contributed by atoms with Crippen molar-refractivity contribution in [2.75, 3.05) is 14.2 Å². The van der Waals surface area contributed by atoms with Gasteiger partial charge in [0.1, 0.15) is 5.75 Å². The van der Waals surface area contributed by atoms with E-state index in [9.17, 15) is 22.8 Å². The lowest BCUT2D eigenvalue weighted by Crippen LogP contribution is -2.19. The number of methoxy groups -OCH3 is 2. The van der Waals surface area contributed by atoms with Crippen molar-refractivity contribution < 1.29 is 32.2 Å². The summed E-state index contributed by atoms with van der Waals surface area (Å²) >= 11 is 0.844. The molecule has 0 radical (unpaired) electrons. The number of nitrogens with zero attached hydrogens (tertiary/aromatic N) is 2. The molecule has 1 aliphatic heterocycles. The van der Waals surface area contributed by atoms with Crippen LogP contribution in [-0.2, 0) is 20.5 Å². The molecule has 1 N–H and O–H groups in total. The van der Waals surface area contributed by atoms with E-state index in [2.05, 4.69) is 20.3 Å². The molecular weight excluding hydrogens is 375 g/mol. The van der Waals surface area contributed by atoms with Crippen LogP contribution in [0.2, 0.25) is 0 Å². The Kier molecular flexibility index (Phi) is 6.03. The fraction of sp³-hybridized carbons (Fsp3) is 0.200. The molecule has 11 heteroatoms. The Balaban J connectivity index is 2.18. The van der Waals surface area contributed by atoms with Gasteiger partial charge < -0.3 is 9.47 Å². The van der Waals surface area contributed by atoms with Crippen LogP contribution < -0.4 is 10.1 Å². The standard InChI is InChI=1S/C15H12F3N3O4S/c1-24-10-4-8(3-9(5-10)15(16,17)18)7-19-21-14-20-13(23)11(26-14)6-12(22)25-2/h3-7H,1-2H3,(H,20,21,23)/b11-6+,19-7?. The Hall–Kier alpha value is -2.82. The molecule has 1 aromatic rings. The van der Waals surface area contributed by atoms with E-state index in [0.717, 1.165) is 36.2 Å². The monoisotopic (exact) mass is 387 g/mol. The van der Waals surface area contributed by atoms with E-state index in [1.54, 1.807) is 0 Å². The maximum Gasteiger partial charge on any atom is 0.416 e. The fourth-order valence-corrected chi connectivity index (χ4v) is 2.51. The summed E-state index contributed by atoms with van der Waals surface area (Å²) in [7, 11) is 2.41. The Labute approximate surface area is 150 Å². The van der Waals surface area contributed by atoms with Crippen LogP contribution in [0.25, 0.3) is 0 Å². The Morgan fingerprint density at radius 3 is 2.62 bits per heavy atom. The van der Waals surface area contributed by atoms with Crippen LogP contribution in [0.3, 0.4) is 0 Å². The number of amidine groups is 1. The van der Waals surface area contributed by atoms with Crippen LogP contribution in [0.1, 0.15) is 11.1 Å². The predicted molar refractivity (Wildman–Crippen MR) is 88.9 cm³/mol. The molecule has 0 spiro atoms. The molecule has 1 fully saturated rings. The maximum atomic E-state index is 12.8. The molecule has 0 aliphatic carbocycles. The third-order valence-corrected chi connectivity index (χ3v) is 3.85. The highest BCUT2D eigenvalue weighted by atomic mass is 32.2. The van der Waals surface area contributed by atoms with Crippen molar-refractivity contribution in [2.45, 2.75) is 6.18 Å². The molecule has 26 heavy (non-hydrogen) atoms. The van der Waals surface area contributed by atoms with Gasteiger partial charge in [-0.25, -0.2) is 4.79 Å². The van der Waals surface area contributed by atoms with Crippen LogP contribution in [0, 0.1) is 0 Å². The number of nitrogens with one attached hydrogen (secondary N) is 1. The van der Waals surface area contributed by atoms with Crippen molar-refractivity contribution >= 4 is 35.0 Å². The summed E-state index contributed by atoms with van der Waals surface area (Å²) < 4.78 is 47.8. The first-order chi connectivity index (χ1) is 12.2. The number of carbonyl (C=O) groups excluding carboxylic acids is 2. The highest BCUT2D eigenvalue weighted by Crippen LogP contribution is 2.32. The quantitative estimate of drug-likeness (QED) is 0.371. The Morgan fingerprint density at radius 1 is 1.27 bits per heavy atom. The predicted octanol–water partition coefficient (Wildman–Crippen LogP) is 2.32. The number of thioether (sulfide) groups is 1. The number of amides is 1. The smallest absolute Gasteiger partial charge is 0.416 e. The molecule has 1 heterocycles. The topological polar surface area (TPSA) is 89.3 Å². The molecule has 1 aromatic carbocycles. The van der Waals surface area contributed by atoms with Crippen LogP contribution in [-0.4, -0.2) is 37.5 Å². The number of hydrogen-bond donors (Lipinski definition) is 1. The Bertz CT molecular complexity index is 819. The average molecular weight is 387 g/mol. The van der Waals surface area contributed by atoms with Gasteiger partial charge in [0.15, 0.2) is 5.17 Å². The first kappa shape index (κ1) is 19.5. The SMILES string of the molecule is COC(=O)/C=C1/S/C(=N\N=Cc2cc(OC)cc(C(F)(F)F)c2)NC1=O. The highest BCUT2D eigenvalue weighted by molar-refractivity contribution is 8.18. The third-order valence-electron chi connectivity index (χ3n) is 2.95. The van der Waals surface area contributed by atoms with Gasteiger partial charge in [-0.15, -0.1) is 5.10 Å². The molecule has 1 amide bonds. The van der Waals surface area contributed by atoms with E-state index in [1.807, 2.05) is 0 Å². The molecule has 138 valence electrons. The van der Waals surface area contributed by atoms with Crippen LogP contribution >= 0.6 is 11.8 Å². The van der Waals surface area contributed by atoms with Crippen molar-refractivity contribution in [3.8, 4) is 5.75 Å². The van der Waals surface area contributed by atoms with E-state index in [-0.39, 0.29) is 21.4 Å². The van der Waals surface area contributed by atoms with Crippen molar-refractivity contribution in [3.05, 3.63) is 40.3 Å². The van der Waals surface area contributed by atoms with Gasteiger partial charge >= 0.3 is 12.1 Å². The average Bonchev–Trinajstić information content (AvgIpc) is 2.93. The van der Waals surface area contributed by atoms with Crippen LogP contribution in [0.15, 0.2) is 39.4 Å². The molecular formula is C15H12F3N3O4S. The number of halogens is 3. The molecule has 1 aliphatic rings. The molecule has 0 saturated carbocycles. The maximum absolute atomic E-state index is 12.8. The molecule has 0 atom stereocenters. The van der Waals surface area contributed by atoms with Crippen molar-refractivity contribution in [2.24, 2.45) is 10.2 Å². The van der Waals surface area contributed by atoms with Gasteiger partial charge in [-0.1, -0.05) is 0 Å². The minimum Gasteiger partial charge on any atom is -0.497 e. The number of benzene rings is 1. The third kappa shape index (κ3) is 5.09. The summed E-state index contributed by atoms with van der Waals surface area (Å²) in [6.07, 6.45) is -2.46. The van der Waals surface area contributed by atoms with E-state index in [4.69, 9.17) is 4.74 Å². The molecule has 7 nitrogen and oxygen atoms in total. The normalized spacial score (nSPS) is 17.8. The van der Waals surface area contributed by atoms with E-state index in [0.29, 0.717) is 0 Å². The summed E-state index contributed by atoms with van der Waals surface area (Å²) in [5.74, 6) is -1.25. The summed E-state index contributed by atoms with van der Waals surface area (Å²) in [4.78, 5) is 22.8. The summed E-state index contributed by atoms with van der Waals surface area (Å²) in [6.45, 7) is 0. The molecule has 0 aromatic heterocycles.